The summed E-state index contributed by atoms with van der Waals surface area (Å²) in [6.07, 6.45) is 2.13. The number of nitrogens with zero attached hydrogens (tertiary/aromatic N) is 4. The number of carbonyl (C=O) groups is 1. The van der Waals surface area contributed by atoms with Crippen LogP contribution in [0.2, 0.25) is 5.02 Å². The lowest BCUT2D eigenvalue weighted by atomic mass is 9.86. The second kappa shape index (κ2) is 9.45. The molecule has 1 aliphatic rings. The van der Waals surface area contributed by atoms with Crippen LogP contribution in [0.3, 0.4) is 0 Å². The molecule has 4 aromatic rings. The molecule has 1 saturated heterocycles. The minimum atomic E-state index is -1.17. The molecule has 1 unspecified atom stereocenters. The van der Waals surface area contributed by atoms with E-state index in [0.717, 1.165) is 11.3 Å². The average Bonchev–Trinajstić information content (AvgIpc) is 3.30. The molecule has 1 amide bonds. The number of furan rings is 1. The van der Waals surface area contributed by atoms with Crippen LogP contribution >= 0.6 is 11.6 Å². The SMILES string of the molecule is CC(C)(C)c1cc(-c2ccc(Cl)c(F)c2)nc2cc(C(O)N3CCN(c4ccncc4)C(=O)C3(C)C)oc12. The Morgan fingerprint density at radius 3 is 2.47 bits per heavy atom. The molecular weight excluding hydrogens is 507 g/mol. The first-order valence-corrected chi connectivity index (χ1v) is 12.8. The minimum Gasteiger partial charge on any atom is -0.455 e. The second-order valence-corrected chi connectivity index (χ2v) is 11.5. The number of carbonyl (C=O) groups excluding carboxylic acids is 1. The number of pyridine rings is 2. The van der Waals surface area contributed by atoms with E-state index in [-0.39, 0.29) is 22.1 Å². The van der Waals surface area contributed by atoms with Crippen molar-refractivity contribution in [3.05, 3.63) is 77.0 Å². The Kier molecular flexibility index (Phi) is 6.54. The zero-order valence-electron chi connectivity index (χ0n) is 22.0. The number of amides is 1. The molecule has 3 aromatic heterocycles. The molecule has 1 fully saturated rings. The monoisotopic (exact) mass is 536 g/mol. The highest BCUT2D eigenvalue weighted by Crippen LogP contribution is 2.39. The summed E-state index contributed by atoms with van der Waals surface area (Å²) in [4.78, 5) is 25.7. The molecular formula is C29H30ClFN4O3. The smallest absolute Gasteiger partial charge is 0.247 e. The van der Waals surface area contributed by atoms with E-state index < -0.39 is 17.6 Å². The van der Waals surface area contributed by atoms with Crippen molar-refractivity contribution in [3.8, 4) is 11.3 Å². The molecule has 9 heteroatoms. The predicted molar refractivity (Wildman–Crippen MR) is 145 cm³/mol. The number of benzene rings is 1. The number of hydrogen-bond acceptors (Lipinski definition) is 6. The van der Waals surface area contributed by atoms with Crippen LogP contribution in [0.1, 0.15) is 52.2 Å². The zero-order chi connectivity index (χ0) is 27.4. The number of aromatic nitrogens is 2. The summed E-state index contributed by atoms with van der Waals surface area (Å²) in [7, 11) is 0. The van der Waals surface area contributed by atoms with Crippen LogP contribution in [0.25, 0.3) is 22.4 Å². The lowest BCUT2D eigenvalue weighted by molar-refractivity contribution is -0.144. The molecule has 7 nitrogen and oxygen atoms in total. The number of fused-ring (bicyclic) bond motifs is 1. The highest BCUT2D eigenvalue weighted by Gasteiger charge is 2.46. The van der Waals surface area contributed by atoms with Crippen molar-refractivity contribution in [3.63, 3.8) is 0 Å². The molecule has 5 rings (SSSR count). The molecule has 1 atom stereocenters. The molecule has 198 valence electrons. The van der Waals surface area contributed by atoms with Gasteiger partial charge in [-0.1, -0.05) is 38.4 Å². The molecule has 0 aliphatic carbocycles. The van der Waals surface area contributed by atoms with E-state index in [1.807, 2.05) is 26.8 Å². The number of aliphatic hydroxyl groups is 1. The highest BCUT2D eigenvalue weighted by molar-refractivity contribution is 6.30. The van der Waals surface area contributed by atoms with Gasteiger partial charge in [-0.15, -0.1) is 0 Å². The normalized spacial score (nSPS) is 17.3. The molecule has 0 spiro atoms. The first kappa shape index (κ1) is 26.3. The van der Waals surface area contributed by atoms with Crippen LogP contribution in [-0.4, -0.2) is 44.5 Å². The number of halogens is 2. The Morgan fingerprint density at radius 2 is 1.82 bits per heavy atom. The van der Waals surface area contributed by atoms with E-state index in [9.17, 15) is 14.3 Å². The first-order valence-electron chi connectivity index (χ1n) is 12.4. The van der Waals surface area contributed by atoms with Gasteiger partial charge in [-0.05, 0) is 49.6 Å². The van der Waals surface area contributed by atoms with Crippen molar-refractivity contribution in [1.29, 1.82) is 0 Å². The lowest BCUT2D eigenvalue weighted by Crippen LogP contribution is -2.64. The third kappa shape index (κ3) is 4.57. The summed E-state index contributed by atoms with van der Waals surface area (Å²) >= 11 is 5.88. The lowest BCUT2D eigenvalue weighted by Gasteiger charge is -2.47. The summed E-state index contributed by atoms with van der Waals surface area (Å²) in [6.45, 7) is 10.6. The zero-order valence-corrected chi connectivity index (χ0v) is 22.8. The highest BCUT2D eigenvalue weighted by atomic mass is 35.5. The molecule has 38 heavy (non-hydrogen) atoms. The summed E-state index contributed by atoms with van der Waals surface area (Å²) in [5, 5.41) is 11.5. The largest absolute Gasteiger partial charge is 0.455 e. The summed E-state index contributed by atoms with van der Waals surface area (Å²) in [5.41, 5.74) is 2.53. The predicted octanol–water partition coefficient (Wildman–Crippen LogP) is 6.10. The van der Waals surface area contributed by atoms with Gasteiger partial charge in [0.05, 0.1) is 16.3 Å². The number of hydrogen-bond donors (Lipinski definition) is 1. The van der Waals surface area contributed by atoms with E-state index in [4.69, 9.17) is 21.0 Å². The van der Waals surface area contributed by atoms with Crippen molar-refractivity contribution in [2.45, 2.75) is 51.8 Å². The van der Waals surface area contributed by atoms with Crippen LogP contribution in [0.15, 0.2) is 59.3 Å². The molecule has 1 aromatic carbocycles. The van der Waals surface area contributed by atoms with Gasteiger partial charge in [0.25, 0.3) is 0 Å². The standard InChI is InChI=1S/C29H30ClFN4O3/c1-28(2,3)19-15-22(17-6-7-20(30)21(31)14-17)33-23-16-24(38-25(19)23)26(36)35-13-12-34(27(37)29(35,4)5)18-8-10-32-11-9-18/h6-11,14-16,26,36H,12-13H2,1-5H3. The Labute approximate surface area is 225 Å². The van der Waals surface area contributed by atoms with Gasteiger partial charge in [0.2, 0.25) is 5.91 Å². The Morgan fingerprint density at radius 1 is 1.11 bits per heavy atom. The van der Waals surface area contributed by atoms with Crippen molar-refractivity contribution in [1.82, 2.24) is 14.9 Å². The topological polar surface area (TPSA) is 82.7 Å². The van der Waals surface area contributed by atoms with Crippen LogP contribution in [0.5, 0.6) is 0 Å². The van der Waals surface area contributed by atoms with Gasteiger partial charge in [-0.25, -0.2) is 9.37 Å². The maximum atomic E-state index is 14.2. The minimum absolute atomic E-state index is 0.0424. The van der Waals surface area contributed by atoms with Gasteiger partial charge in [-0.2, -0.15) is 0 Å². The van der Waals surface area contributed by atoms with Crippen molar-refractivity contribution >= 4 is 34.3 Å². The third-order valence-corrected chi connectivity index (χ3v) is 7.40. The van der Waals surface area contributed by atoms with Crippen LogP contribution in [0.4, 0.5) is 10.1 Å². The molecule has 0 saturated carbocycles. The molecule has 1 N–H and O–H groups in total. The van der Waals surface area contributed by atoms with E-state index in [0.29, 0.717) is 35.4 Å². The summed E-state index contributed by atoms with van der Waals surface area (Å²) < 4.78 is 20.5. The van der Waals surface area contributed by atoms with Gasteiger partial charge < -0.3 is 14.4 Å². The third-order valence-electron chi connectivity index (χ3n) is 7.10. The molecule has 1 aliphatic heterocycles. The van der Waals surface area contributed by atoms with Crippen molar-refractivity contribution in [2.75, 3.05) is 18.0 Å². The average molecular weight is 537 g/mol. The van der Waals surface area contributed by atoms with Crippen molar-refractivity contribution in [2.24, 2.45) is 0 Å². The van der Waals surface area contributed by atoms with E-state index in [2.05, 4.69) is 4.98 Å². The second-order valence-electron chi connectivity index (χ2n) is 11.1. The van der Waals surface area contributed by atoms with Gasteiger partial charge in [-0.3, -0.25) is 14.7 Å². The van der Waals surface area contributed by atoms with Crippen LogP contribution in [0, 0.1) is 5.82 Å². The maximum absolute atomic E-state index is 14.2. The molecule has 0 bridgehead atoms. The summed E-state index contributed by atoms with van der Waals surface area (Å²) in [6, 6.07) is 11.7. The number of anilines is 1. The maximum Gasteiger partial charge on any atom is 0.247 e. The Balaban J connectivity index is 1.53. The number of piperazine rings is 1. The number of rotatable bonds is 4. The van der Waals surface area contributed by atoms with Gasteiger partial charge in [0.15, 0.2) is 17.6 Å². The van der Waals surface area contributed by atoms with Crippen LogP contribution in [-0.2, 0) is 10.2 Å². The Hall–Kier alpha value is -3.33. The fourth-order valence-corrected chi connectivity index (χ4v) is 5.04. The fraction of sp³-hybridized carbons (Fsp3) is 0.345. The fourth-order valence-electron chi connectivity index (χ4n) is 4.92. The van der Waals surface area contributed by atoms with E-state index in [1.165, 1.54) is 12.1 Å². The number of aliphatic hydroxyl groups excluding tert-OH is 1. The molecule has 0 radical (unpaired) electrons. The quantitative estimate of drug-likeness (QED) is 0.339. The van der Waals surface area contributed by atoms with E-state index in [1.54, 1.807) is 60.3 Å². The van der Waals surface area contributed by atoms with Gasteiger partial charge in [0, 0.05) is 48.4 Å². The van der Waals surface area contributed by atoms with Crippen LogP contribution < -0.4 is 4.90 Å². The van der Waals surface area contributed by atoms with E-state index >= 15 is 0 Å². The van der Waals surface area contributed by atoms with Gasteiger partial charge >= 0.3 is 0 Å². The van der Waals surface area contributed by atoms with Gasteiger partial charge in [0.1, 0.15) is 11.3 Å². The first-order chi connectivity index (χ1) is 17.9. The summed E-state index contributed by atoms with van der Waals surface area (Å²) in [5.74, 6) is -0.370. The van der Waals surface area contributed by atoms with Crippen molar-refractivity contribution < 1.29 is 18.7 Å². The Bertz CT molecular complexity index is 1510. The molecule has 4 heterocycles.